The van der Waals surface area contributed by atoms with Gasteiger partial charge in [-0.1, -0.05) is 26.7 Å². The van der Waals surface area contributed by atoms with Crippen molar-refractivity contribution in [2.75, 3.05) is 24.7 Å². The molecule has 2 heterocycles. The molecule has 6 heteroatoms. The van der Waals surface area contributed by atoms with Gasteiger partial charge in [-0.2, -0.15) is 0 Å². The molecule has 1 aromatic rings. The first-order valence-electron chi connectivity index (χ1n) is 9.62. The van der Waals surface area contributed by atoms with Crippen LogP contribution in [0.5, 0.6) is 11.5 Å². The number of amides is 2. The van der Waals surface area contributed by atoms with Crippen LogP contribution in [0.4, 0.5) is 5.69 Å². The van der Waals surface area contributed by atoms with Crippen molar-refractivity contribution in [3.05, 3.63) is 18.2 Å². The largest absolute Gasteiger partial charge is 0.486 e. The summed E-state index contributed by atoms with van der Waals surface area (Å²) in [5, 5.41) is 3.08. The van der Waals surface area contributed by atoms with E-state index in [0.29, 0.717) is 37.7 Å². The Labute approximate surface area is 154 Å². The van der Waals surface area contributed by atoms with Crippen molar-refractivity contribution >= 4 is 17.5 Å². The van der Waals surface area contributed by atoms with Gasteiger partial charge in [-0.15, -0.1) is 0 Å². The third kappa shape index (κ3) is 4.11. The highest BCUT2D eigenvalue weighted by Gasteiger charge is 2.33. The van der Waals surface area contributed by atoms with Gasteiger partial charge in [0, 0.05) is 30.6 Å². The summed E-state index contributed by atoms with van der Waals surface area (Å²) in [4.78, 5) is 26.7. The quantitative estimate of drug-likeness (QED) is 0.812. The molecule has 6 nitrogen and oxygen atoms in total. The molecule has 1 fully saturated rings. The molecule has 0 aromatic heterocycles. The van der Waals surface area contributed by atoms with E-state index in [9.17, 15) is 9.59 Å². The van der Waals surface area contributed by atoms with Gasteiger partial charge in [0.05, 0.1) is 6.04 Å². The van der Waals surface area contributed by atoms with E-state index in [1.165, 1.54) is 0 Å². The van der Waals surface area contributed by atoms with Gasteiger partial charge in [0.25, 0.3) is 0 Å². The predicted molar refractivity (Wildman–Crippen MR) is 99.6 cm³/mol. The highest BCUT2D eigenvalue weighted by atomic mass is 16.6. The Kier molecular flexibility index (Phi) is 6.01. The smallest absolute Gasteiger partial charge is 0.229 e. The van der Waals surface area contributed by atoms with Crippen LogP contribution in [-0.2, 0) is 9.59 Å². The van der Waals surface area contributed by atoms with Crippen molar-refractivity contribution in [2.24, 2.45) is 5.92 Å². The fourth-order valence-electron chi connectivity index (χ4n) is 3.68. The van der Waals surface area contributed by atoms with Crippen molar-refractivity contribution in [1.29, 1.82) is 0 Å². The summed E-state index contributed by atoms with van der Waals surface area (Å²) in [6.45, 7) is 5.74. The second-order valence-corrected chi connectivity index (χ2v) is 7.02. The first-order chi connectivity index (χ1) is 12.6. The normalized spacial score (nSPS) is 19.1. The molecule has 0 saturated carbocycles. The van der Waals surface area contributed by atoms with Crippen LogP contribution in [0.2, 0.25) is 0 Å². The second kappa shape index (κ2) is 8.43. The van der Waals surface area contributed by atoms with E-state index in [2.05, 4.69) is 19.2 Å². The molecule has 0 bridgehead atoms. The van der Waals surface area contributed by atoms with Crippen LogP contribution in [0.25, 0.3) is 0 Å². The molecular formula is C20H28N2O4. The molecule has 2 aliphatic rings. The van der Waals surface area contributed by atoms with Gasteiger partial charge in [0.15, 0.2) is 11.5 Å². The maximum absolute atomic E-state index is 12.5. The molecule has 1 atom stereocenters. The molecule has 2 amide bonds. The Balaban J connectivity index is 1.64. The van der Waals surface area contributed by atoms with E-state index in [1.807, 2.05) is 18.2 Å². The number of carbonyl (C=O) groups is 2. The van der Waals surface area contributed by atoms with Gasteiger partial charge < -0.3 is 19.7 Å². The maximum atomic E-state index is 12.5. The standard InChI is InChI=1S/C20H28N2O4/c1-3-5-14(6-4-2)20(24)21-15-11-19(23)22(13-15)16-7-8-17-18(12-16)26-10-9-25-17/h7-8,12,14-15H,3-6,9-11,13H2,1-2H3,(H,21,24)/t15-/m1/s1. The summed E-state index contributed by atoms with van der Waals surface area (Å²) in [6.07, 6.45) is 4.11. The third-order valence-electron chi connectivity index (χ3n) is 4.95. The van der Waals surface area contributed by atoms with E-state index >= 15 is 0 Å². The zero-order valence-corrected chi connectivity index (χ0v) is 15.6. The summed E-state index contributed by atoms with van der Waals surface area (Å²) < 4.78 is 11.1. The summed E-state index contributed by atoms with van der Waals surface area (Å²) in [6, 6.07) is 5.40. The number of carbonyl (C=O) groups excluding carboxylic acids is 2. The number of benzene rings is 1. The molecule has 3 rings (SSSR count). The lowest BCUT2D eigenvalue weighted by atomic mass is 9.97. The molecule has 142 valence electrons. The average Bonchev–Trinajstić information content (AvgIpc) is 3.01. The first kappa shape index (κ1) is 18.5. The van der Waals surface area contributed by atoms with Crippen molar-refractivity contribution in [3.63, 3.8) is 0 Å². The minimum absolute atomic E-state index is 0.0227. The van der Waals surface area contributed by atoms with Crippen molar-refractivity contribution in [1.82, 2.24) is 5.32 Å². The zero-order valence-electron chi connectivity index (χ0n) is 15.6. The van der Waals surface area contributed by atoms with Gasteiger partial charge in [-0.3, -0.25) is 9.59 Å². The molecule has 1 N–H and O–H groups in total. The summed E-state index contributed by atoms with van der Waals surface area (Å²) in [5.41, 5.74) is 0.787. The van der Waals surface area contributed by atoms with Crippen LogP contribution < -0.4 is 19.7 Å². The van der Waals surface area contributed by atoms with Crippen LogP contribution in [0.15, 0.2) is 18.2 Å². The topological polar surface area (TPSA) is 67.9 Å². The number of nitrogens with zero attached hydrogens (tertiary/aromatic N) is 1. The zero-order chi connectivity index (χ0) is 18.5. The lowest BCUT2D eigenvalue weighted by Crippen LogP contribution is -2.40. The second-order valence-electron chi connectivity index (χ2n) is 7.02. The maximum Gasteiger partial charge on any atom is 0.229 e. The Hall–Kier alpha value is -2.24. The third-order valence-corrected chi connectivity index (χ3v) is 4.95. The predicted octanol–water partition coefficient (Wildman–Crippen LogP) is 2.90. The molecule has 0 aliphatic carbocycles. The fourth-order valence-corrected chi connectivity index (χ4v) is 3.68. The summed E-state index contributed by atoms with van der Waals surface area (Å²) in [5.74, 6) is 1.52. The van der Waals surface area contributed by atoms with Crippen molar-refractivity contribution < 1.29 is 19.1 Å². The molecule has 2 aliphatic heterocycles. The van der Waals surface area contributed by atoms with Gasteiger partial charge in [0.1, 0.15) is 13.2 Å². The number of hydrogen-bond acceptors (Lipinski definition) is 4. The summed E-state index contributed by atoms with van der Waals surface area (Å²) >= 11 is 0. The van der Waals surface area contributed by atoms with Gasteiger partial charge >= 0.3 is 0 Å². The molecule has 1 aromatic carbocycles. The number of ether oxygens (including phenoxy) is 2. The number of nitrogens with one attached hydrogen (secondary N) is 1. The van der Waals surface area contributed by atoms with Crippen LogP contribution >= 0.6 is 0 Å². The van der Waals surface area contributed by atoms with Crippen LogP contribution in [0.1, 0.15) is 46.0 Å². The molecule has 26 heavy (non-hydrogen) atoms. The van der Waals surface area contributed by atoms with Crippen molar-refractivity contribution in [3.8, 4) is 11.5 Å². The van der Waals surface area contributed by atoms with E-state index in [4.69, 9.17) is 9.47 Å². The average molecular weight is 360 g/mol. The molecule has 0 spiro atoms. The monoisotopic (exact) mass is 360 g/mol. The Morgan fingerprint density at radius 2 is 1.88 bits per heavy atom. The lowest BCUT2D eigenvalue weighted by Gasteiger charge is -2.23. The van der Waals surface area contributed by atoms with Gasteiger partial charge in [0.2, 0.25) is 11.8 Å². The number of anilines is 1. The van der Waals surface area contributed by atoms with Gasteiger partial charge in [-0.25, -0.2) is 0 Å². The highest BCUT2D eigenvalue weighted by molar-refractivity contribution is 5.97. The molecule has 0 radical (unpaired) electrons. The minimum Gasteiger partial charge on any atom is -0.486 e. The number of hydrogen-bond donors (Lipinski definition) is 1. The van der Waals surface area contributed by atoms with E-state index in [0.717, 1.165) is 31.4 Å². The Morgan fingerprint density at radius 3 is 2.58 bits per heavy atom. The molecule has 1 saturated heterocycles. The molecule has 0 unspecified atom stereocenters. The number of fused-ring (bicyclic) bond motifs is 1. The van der Waals surface area contributed by atoms with Crippen LogP contribution in [0.3, 0.4) is 0 Å². The van der Waals surface area contributed by atoms with Crippen molar-refractivity contribution in [2.45, 2.75) is 52.0 Å². The number of rotatable bonds is 7. The van der Waals surface area contributed by atoms with E-state index in [-0.39, 0.29) is 23.8 Å². The fraction of sp³-hybridized carbons (Fsp3) is 0.600. The Bertz CT molecular complexity index is 655. The SMILES string of the molecule is CCCC(CCC)C(=O)N[C@@H]1CC(=O)N(c2ccc3c(c2)OCCO3)C1. The van der Waals surface area contributed by atoms with Gasteiger partial charge in [-0.05, 0) is 25.0 Å². The first-order valence-corrected chi connectivity index (χ1v) is 9.62. The minimum atomic E-state index is -0.139. The van der Waals surface area contributed by atoms with Crippen LogP contribution in [0, 0.1) is 5.92 Å². The Morgan fingerprint density at radius 1 is 1.19 bits per heavy atom. The highest BCUT2D eigenvalue weighted by Crippen LogP contribution is 2.35. The van der Waals surface area contributed by atoms with E-state index < -0.39 is 0 Å². The summed E-state index contributed by atoms with van der Waals surface area (Å²) in [7, 11) is 0. The molecular weight excluding hydrogens is 332 g/mol. The van der Waals surface area contributed by atoms with Crippen LogP contribution in [-0.4, -0.2) is 37.6 Å². The van der Waals surface area contributed by atoms with E-state index in [1.54, 1.807) is 4.90 Å². The lowest BCUT2D eigenvalue weighted by molar-refractivity contribution is -0.126.